The summed E-state index contributed by atoms with van der Waals surface area (Å²) < 4.78 is 5.78. The molecule has 0 bridgehead atoms. The second-order valence-corrected chi connectivity index (χ2v) is 6.06. The maximum atomic E-state index is 9.92. The predicted molar refractivity (Wildman–Crippen MR) is 85.1 cm³/mol. The van der Waals surface area contributed by atoms with E-state index < -0.39 is 6.10 Å². The van der Waals surface area contributed by atoms with Crippen molar-refractivity contribution in [3.63, 3.8) is 0 Å². The monoisotopic (exact) mass is 316 g/mol. The van der Waals surface area contributed by atoms with Gasteiger partial charge in [0, 0.05) is 18.1 Å². The molecule has 0 amide bonds. The largest absolute Gasteiger partial charge is 0.490 e. The minimum Gasteiger partial charge on any atom is -0.490 e. The molecule has 0 heterocycles. The van der Waals surface area contributed by atoms with Gasteiger partial charge in [-0.05, 0) is 36.1 Å². The van der Waals surface area contributed by atoms with E-state index in [0.717, 1.165) is 34.9 Å². The number of halogens is 1. The zero-order chi connectivity index (χ0) is 15.8. The second kappa shape index (κ2) is 9.26. The quantitative estimate of drug-likeness (QED) is 0.604. The summed E-state index contributed by atoms with van der Waals surface area (Å²) in [5, 5.41) is 21.3. The summed E-state index contributed by atoms with van der Waals surface area (Å²) >= 11 is 6.16. The number of aryl methyl sites for hydroxylation is 1. The molecule has 0 radical (unpaired) electrons. The molecule has 5 heteroatoms. The van der Waals surface area contributed by atoms with E-state index in [2.05, 4.69) is 13.8 Å². The Balaban J connectivity index is 2.56. The lowest BCUT2D eigenvalue weighted by molar-refractivity contribution is -0.661. The van der Waals surface area contributed by atoms with Gasteiger partial charge < -0.3 is 20.3 Å². The molecule has 0 aliphatic rings. The van der Waals surface area contributed by atoms with E-state index >= 15 is 0 Å². The van der Waals surface area contributed by atoms with Crippen molar-refractivity contribution >= 4 is 11.6 Å². The number of nitrogens with two attached hydrogens (primary N) is 1. The topological polar surface area (TPSA) is 66.3 Å². The van der Waals surface area contributed by atoms with Gasteiger partial charge in [0.1, 0.15) is 25.0 Å². The molecule has 4 N–H and O–H groups in total. The molecule has 0 spiro atoms. The van der Waals surface area contributed by atoms with E-state index in [1.165, 1.54) is 0 Å². The summed E-state index contributed by atoms with van der Waals surface area (Å²) in [6.45, 7) is 7.95. The Bertz CT molecular complexity index is 438. The normalized spacial score (nSPS) is 12.7. The van der Waals surface area contributed by atoms with Crippen LogP contribution >= 0.6 is 11.6 Å². The van der Waals surface area contributed by atoms with Crippen molar-refractivity contribution in [3.05, 3.63) is 28.3 Å². The fourth-order valence-corrected chi connectivity index (χ4v) is 2.22. The number of hydrogen-bond donors (Lipinski definition) is 3. The van der Waals surface area contributed by atoms with Gasteiger partial charge in [-0.25, -0.2) is 0 Å². The minimum atomic E-state index is -0.528. The van der Waals surface area contributed by atoms with Gasteiger partial charge in [0.25, 0.3) is 0 Å². The Labute approximate surface area is 132 Å². The van der Waals surface area contributed by atoms with Crippen molar-refractivity contribution in [2.45, 2.75) is 39.2 Å². The molecule has 0 aliphatic carbocycles. The summed E-state index contributed by atoms with van der Waals surface area (Å²) in [5.41, 5.74) is 2.03. The number of benzene rings is 1. The number of quaternary nitrogens is 1. The highest BCUT2D eigenvalue weighted by Crippen LogP contribution is 2.32. The molecule has 1 rings (SSSR count). The molecular weight excluding hydrogens is 290 g/mol. The van der Waals surface area contributed by atoms with E-state index in [4.69, 9.17) is 21.4 Å². The Kier molecular flexibility index (Phi) is 8.04. The predicted octanol–water partition coefficient (Wildman–Crippen LogP) is 1.46. The standard InChI is InChI=1S/C16H26ClNO3/c1-11(2)14-8-15(17)12(3)7-16(14)21-10-13(20)9-18-5-4-6-19/h7-8,11,13,18-20H,4-6,9-10H2,1-3H3/p+1/t13-/m1/s1. The molecule has 0 aliphatic heterocycles. The van der Waals surface area contributed by atoms with Crippen LogP contribution in [0.3, 0.4) is 0 Å². The molecule has 0 saturated heterocycles. The van der Waals surface area contributed by atoms with E-state index in [9.17, 15) is 5.11 Å². The van der Waals surface area contributed by atoms with Crippen LogP contribution in [0.1, 0.15) is 37.3 Å². The lowest BCUT2D eigenvalue weighted by Crippen LogP contribution is -2.86. The number of hydrogen-bond acceptors (Lipinski definition) is 3. The summed E-state index contributed by atoms with van der Waals surface area (Å²) in [6, 6.07) is 3.87. The van der Waals surface area contributed by atoms with Crippen molar-refractivity contribution in [1.29, 1.82) is 0 Å². The van der Waals surface area contributed by atoms with Gasteiger partial charge in [0.05, 0.1) is 6.54 Å². The van der Waals surface area contributed by atoms with E-state index in [0.29, 0.717) is 12.5 Å². The first kappa shape index (κ1) is 18.2. The van der Waals surface area contributed by atoms with Crippen LogP contribution in [0, 0.1) is 6.92 Å². The molecule has 0 saturated carbocycles. The highest BCUT2D eigenvalue weighted by atomic mass is 35.5. The van der Waals surface area contributed by atoms with E-state index in [1.54, 1.807) is 0 Å². The first-order valence-electron chi connectivity index (χ1n) is 7.49. The Hall–Kier alpha value is -0.810. The van der Waals surface area contributed by atoms with Gasteiger partial charge in [-0.3, -0.25) is 0 Å². The summed E-state index contributed by atoms with van der Waals surface area (Å²) in [5.74, 6) is 1.10. The zero-order valence-electron chi connectivity index (χ0n) is 13.1. The molecule has 1 atom stereocenters. The molecule has 1 aromatic rings. The third-order valence-corrected chi connectivity index (χ3v) is 3.76. The van der Waals surface area contributed by atoms with Gasteiger partial charge in [-0.2, -0.15) is 0 Å². The lowest BCUT2D eigenvalue weighted by atomic mass is 10.0. The van der Waals surface area contributed by atoms with Crippen molar-refractivity contribution in [1.82, 2.24) is 0 Å². The number of ether oxygens (including phenoxy) is 1. The van der Waals surface area contributed by atoms with Crippen LogP contribution in [0.25, 0.3) is 0 Å². The lowest BCUT2D eigenvalue weighted by Gasteiger charge is -2.17. The molecule has 0 fully saturated rings. The van der Waals surface area contributed by atoms with Gasteiger partial charge in [0.2, 0.25) is 0 Å². The van der Waals surface area contributed by atoms with Crippen LogP contribution in [0.2, 0.25) is 5.02 Å². The van der Waals surface area contributed by atoms with E-state index in [-0.39, 0.29) is 13.2 Å². The molecule has 21 heavy (non-hydrogen) atoms. The molecule has 1 aromatic carbocycles. The zero-order valence-corrected chi connectivity index (χ0v) is 13.9. The Morgan fingerprint density at radius 3 is 2.67 bits per heavy atom. The van der Waals surface area contributed by atoms with Gasteiger partial charge >= 0.3 is 0 Å². The molecule has 120 valence electrons. The van der Waals surface area contributed by atoms with Crippen LogP contribution in [0.4, 0.5) is 0 Å². The molecule has 4 nitrogen and oxygen atoms in total. The smallest absolute Gasteiger partial charge is 0.137 e. The molecular formula is C16H27ClNO3+. The Morgan fingerprint density at radius 2 is 2.05 bits per heavy atom. The highest BCUT2D eigenvalue weighted by Gasteiger charge is 2.13. The van der Waals surface area contributed by atoms with E-state index in [1.807, 2.05) is 24.4 Å². The van der Waals surface area contributed by atoms with Gasteiger partial charge in [-0.15, -0.1) is 0 Å². The number of aliphatic hydroxyl groups excluding tert-OH is 2. The third-order valence-electron chi connectivity index (χ3n) is 3.35. The van der Waals surface area contributed by atoms with Crippen LogP contribution in [0.15, 0.2) is 12.1 Å². The first-order chi connectivity index (χ1) is 9.95. The Morgan fingerprint density at radius 1 is 1.33 bits per heavy atom. The van der Waals surface area contributed by atoms with Crippen molar-refractivity contribution in [2.24, 2.45) is 0 Å². The number of aliphatic hydroxyl groups is 2. The first-order valence-corrected chi connectivity index (χ1v) is 7.87. The van der Waals surface area contributed by atoms with Crippen molar-refractivity contribution in [2.75, 3.05) is 26.3 Å². The maximum absolute atomic E-state index is 9.92. The van der Waals surface area contributed by atoms with Crippen molar-refractivity contribution in [3.8, 4) is 5.75 Å². The molecule has 0 aromatic heterocycles. The van der Waals surface area contributed by atoms with Crippen LogP contribution in [0.5, 0.6) is 5.75 Å². The number of rotatable bonds is 9. The van der Waals surface area contributed by atoms with Crippen LogP contribution in [-0.2, 0) is 0 Å². The fourth-order valence-electron chi connectivity index (χ4n) is 2.05. The van der Waals surface area contributed by atoms with Crippen LogP contribution < -0.4 is 10.1 Å². The van der Waals surface area contributed by atoms with Crippen molar-refractivity contribution < 1.29 is 20.3 Å². The average molecular weight is 317 g/mol. The third kappa shape index (κ3) is 6.22. The summed E-state index contributed by atoms with van der Waals surface area (Å²) in [6.07, 6.45) is 0.209. The fraction of sp³-hybridized carbons (Fsp3) is 0.625. The second-order valence-electron chi connectivity index (χ2n) is 5.65. The van der Waals surface area contributed by atoms with Gasteiger partial charge in [-0.1, -0.05) is 25.4 Å². The minimum absolute atomic E-state index is 0.185. The SMILES string of the molecule is Cc1cc(OC[C@H](O)C[NH2+]CCCO)c(C(C)C)cc1Cl. The summed E-state index contributed by atoms with van der Waals surface area (Å²) in [4.78, 5) is 0. The highest BCUT2D eigenvalue weighted by molar-refractivity contribution is 6.31. The summed E-state index contributed by atoms with van der Waals surface area (Å²) in [7, 11) is 0. The van der Waals surface area contributed by atoms with Gasteiger partial charge in [0.15, 0.2) is 0 Å². The average Bonchev–Trinajstić information content (AvgIpc) is 2.44. The maximum Gasteiger partial charge on any atom is 0.137 e. The molecule has 0 unspecified atom stereocenters. The van der Waals surface area contributed by atoms with Crippen LogP contribution in [-0.4, -0.2) is 42.6 Å².